The Kier molecular flexibility index (Phi) is 11.5. The smallest absolute Gasteiger partial charge is 0.330 e. The van der Waals surface area contributed by atoms with Crippen LogP contribution in [0.15, 0.2) is 72.8 Å². The molecule has 2 aromatic carbocycles. The molecule has 1 heterocycles. The van der Waals surface area contributed by atoms with Crippen LogP contribution in [0.1, 0.15) is 35.8 Å². The Hall–Kier alpha value is -4.57. The van der Waals surface area contributed by atoms with E-state index >= 15 is 0 Å². The van der Waals surface area contributed by atoms with Gasteiger partial charge in [0.1, 0.15) is 17.5 Å². The van der Waals surface area contributed by atoms with Crippen molar-refractivity contribution in [2.75, 3.05) is 13.7 Å². The molecule has 0 spiro atoms. The summed E-state index contributed by atoms with van der Waals surface area (Å²) in [7, 11) is 1.54. The number of hydrogen-bond donors (Lipinski definition) is 4. The van der Waals surface area contributed by atoms with Crippen molar-refractivity contribution in [1.29, 1.82) is 0 Å². The fourth-order valence-corrected chi connectivity index (χ4v) is 4.23. The van der Waals surface area contributed by atoms with Gasteiger partial charge < -0.3 is 30.8 Å². The zero-order chi connectivity index (χ0) is 29.8. The Morgan fingerprint density at radius 1 is 1.05 bits per heavy atom. The van der Waals surface area contributed by atoms with Crippen LogP contribution in [-0.2, 0) is 25.5 Å². The Morgan fingerprint density at radius 2 is 1.80 bits per heavy atom. The minimum atomic E-state index is -0.982. The van der Waals surface area contributed by atoms with Gasteiger partial charge in [-0.15, -0.1) is 0 Å². The van der Waals surface area contributed by atoms with Crippen molar-refractivity contribution in [2.24, 2.45) is 5.73 Å². The molecule has 5 N–H and O–H groups in total. The van der Waals surface area contributed by atoms with Gasteiger partial charge in [-0.1, -0.05) is 48.0 Å². The molecule has 0 unspecified atom stereocenters. The first kappa shape index (κ1) is 31.0. The van der Waals surface area contributed by atoms with Crippen molar-refractivity contribution in [2.45, 2.75) is 38.3 Å². The Labute approximate surface area is 243 Å². The summed E-state index contributed by atoms with van der Waals surface area (Å²) in [5, 5.41) is 6.10. The average Bonchev–Trinajstić information content (AvgIpc) is 3.45. The highest BCUT2D eigenvalue weighted by Crippen LogP contribution is 2.32. The number of ether oxygens (including phenoxy) is 2. The molecule has 0 fully saturated rings. The van der Waals surface area contributed by atoms with Gasteiger partial charge in [-0.25, -0.2) is 4.79 Å². The number of H-pyrrole nitrogens is 1. The molecule has 216 valence electrons. The van der Waals surface area contributed by atoms with Crippen molar-refractivity contribution >= 4 is 35.3 Å². The third-order valence-electron chi connectivity index (χ3n) is 6.07. The molecule has 0 bridgehead atoms. The zero-order valence-electron chi connectivity index (χ0n) is 22.8. The molecule has 3 amide bonds. The van der Waals surface area contributed by atoms with Crippen LogP contribution in [0.4, 0.5) is 0 Å². The molecule has 0 aliphatic rings. The summed E-state index contributed by atoms with van der Waals surface area (Å²) in [4.78, 5) is 53.0. The Morgan fingerprint density at radius 3 is 2.49 bits per heavy atom. The van der Waals surface area contributed by atoms with E-state index in [4.69, 9.17) is 26.8 Å². The van der Waals surface area contributed by atoms with Gasteiger partial charge in [0.2, 0.25) is 11.8 Å². The van der Waals surface area contributed by atoms with E-state index in [0.717, 1.165) is 5.56 Å². The van der Waals surface area contributed by atoms with Gasteiger partial charge in [0.15, 0.2) is 0 Å². The van der Waals surface area contributed by atoms with E-state index in [2.05, 4.69) is 15.6 Å². The lowest BCUT2D eigenvalue weighted by Crippen LogP contribution is -2.50. The van der Waals surface area contributed by atoms with E-state index in [1.165, 1.54) is 19.3 Å². The maximum absolute atomic E-state index is 13.5. The summed E-state index contributed by atoms with van der Waals surface area (Å²) in [6.07, 6.45) is 2.95. The summed E-state index contributed by atoms with van der Waals surface area (Å²) in [5.41, 5.74) is 7.61. The number of hydrogen-bond acceptors (Lipinski definition) is 6. The van der Waals surface area contributed by atoms with Crippen LogP contribution in [0.2, 0.25) is 5.02 Å². The van der Waals surface area contributed by atoms with Gasteiger partial charge in [0.05, 0.1) is 13.7 Å². The Bertz CT molecular complexity index is 1390. The number of nitrogens with one attached hydrogen (secondary N) is 3. The van der Waals surface area contributed by atoms with Crippen molar-refractivity contribution < 1.29 is 28.7 Å². The number of aromatic amines is 1. The minimum Gasteiger partial charge on any atom is -0.496 e. The van der Waals surface area contributed by atoms with Crippen LogP contribution in [0.25, 0.3) is 11.3 Å². The second kappa shape index (κ2) is 15.3. The summed E-state index contributed by atoms with van der Waals surface area (Å²) >= 11 is 6.16. The van der Waals surface area contributed by atoms with Crippen molar-refractivity contribution in [1.82, 2.24) is 15.6 Å². The molecule has 3 aromatic rings. The molecular weight excluding hydrogens is 548 g/mol. The second-order valence-electron chi connectivity index (χ2n) is 9.08. The van der Waals surface area contributed by atoms with Crippen LogP contribution in [-0.4, -0.2) is 54.5 Å². The van der Waals surface area contributed by atoms with Gasteiger partial charge in [0.25, 0.3) is 5.91 Å². The highest BCUT2D eigenvalue weighted by molar-refractivity contribution is 6.31. The van der Waals surface area contributed by atoms with E-state index < -0.39 is 35.8 Å². The normalized spacial score (nSPS) is 12.4. The van der Waals surface area contributed by atoms with Crippen LogP contribution in [0.3, 0.4) is 0 Å². The van der Waals surface area contributed by atoms with Crippen molar-refractivity contribution in [3.05, 3.63) is 89.1 Å². The topological polar surface area (TPSA) is 153 Å². The molecule has 0 radical (unpaired) electrons. The number of rotatable bonds is 14. The number of benzene rings is 2. The lowest BCUT2D eigenvalue weighted by atomic mass is 10.0. The Balaban J connectivity index is 1.82. The molecule has 0 saturated heterocycles. The van der Waals surface area contributed by atoms with Crippen LogP contribution in [0.5, 0.6) is 5.75 Å². The predicted molar refractivity (Wildman–Crippen MR) is 155 cm³/mol. The van der Waals surface area contributed by atoms with Gasteiger partial charge in [0, 0.05) is 41.2 Å². The third-order valence-corrected chi connectivity index (χ3v) is 6.30. The number of halogens is 1. The monoisotopic (exact) mass is 580 g/mol. The van der Waals surface area contributed by atoms with Gasteiger partial charge in [-0.3, -0.25) is 14.4 Å². The molecule has 0 aliphatic heterocycles. The van der Waals surface area contributed by atoms with Crippen LogP contribution >= 0.6 is 11.6 Å². The molecule has 11 heteroatoms. The quantitative estimate of drug-likeness (QED) is 0.169. The molecule has 10 nitrogen and oxygen atoms in total. The number of primary amides is 1. The molecule has 2 atom stereocenters. The maximum atomic E-state index is 13.5. The minimum absolute atomic E-state index is 0.0218. The van der Waals surface area contributed by atoms with Gasteiger partial charge in [-0.2, -0.15) is 0 Å². The third kappa shape index (κ3) is 9.54. The first-order valence-electron chi connectivity index (χ1n) is 13.0. The lowest BCUT2D eigenvalue weighted by molar-refractivity contribution is -0.137. The van der Waals surface area contributed by atoms with E-state index in [0.29, 0.717) is 22.0 Å². The highest BCUT2D eigenvalue weighted by atomic mass is 35.5. The largest absolute Gasteiger partial charge is 0.496 e. The molecule has 0 aliphatic carbocycles. The van der Waals surface area contributed by atoms with Gasteiger partial charge in [-0.05, 0) is 49.2 Å². The molecule has 1 aromatic heterocycles. The first-order chi connectivity index (χ1) is 19.7. The SMILES string of the molecule is CCOC(=O)/C=C/[C@@H](CCC(N)=O)NC(=O)[C@@H](Cc1ccccc1)NC(=O)c1ccc(-c2cc(Cl)ccc2OC)[nH]1. The lowest BCUT2D eigenvalue weighted by Gasteiger charge is -2.22. The highest BCUT2D eigenvalue weighted by Gasteiger charge is 2.25. The van der Waals surface area contributed by atoms with Crippen LogP contribution in [0, 0.1) is 0 Å². The number of esters is 1. The number of aromatic nitrogens is 1. The maximum Gasteiger partial charge on any atom is 0.330 e. The first-order valence-corrected chi connectivity index (χ1v) is 13.4. The average molecular weight is 581 g/mol. The second-order valence-corrected chi connectivity index (χ2v) is 9.51. The standard InChI is InChI=1S/C30H33ClN4O6/c1-3-41-28(37)16-11-21(10-15-27(32)36)33-30(39)25(17-19-7-5-4-6-8-19)35-29(38)24-13-12-23(34-24)22-18-20(31)9-14-26(22)40-2/h4-9,11-14,16,18,21,25,34H,3,10,15,17H2,1-2H3,(H2,32,36)(H,33,39)(H,35,38)/b16-11+/t21-,25-/m1/s1. The van der Waals surface area contributed by atoms with Crippen molar-refractivity contribution in [3.8, 4) is 17.0 Å². The molecule has 41 heavy (non-hydrogen) atoms. The summed E-state index contributed by atoms with van der Waals surface area (Å²) < 4.78 is 10.3. The number of amides is 3. The zero-order valence-corrected chi connectivity index (χ0v) is 23.6. The van der Waals surface area contributed by atoms with E-state index in [9.17, 15) is 19.2 Å². The molecule has 3 rings (SSSR count). The fraction of sp³-hybridized carbons (Fsp3) is 0.267. The number of methoxy groups -OCH3 is 1. The van der Waals surface area contributed by atoms with E-state index in [1.807, 2.05) is 30.3 Å². The number of carbonyl (C=O) groups is 4. The van der Waals surface area contributed by atoms with Gasteiger partial charge >= 0.3 is 5.97 Å². The van der Waals surface area contributed by atoms with E-state index in [-0.39, 0.29) is 31.6 Å². The fourth-order valence-electron chi connectivity index (χ4n) is 4.05. The van der Waals surface area contributed by atoms with E-state index in [1.54, 1.807) is 37.3 Å². The summed E-state index contributed by atoms with van der Waals surface area (Å²) in [6, 6.07) is 16.0. The van der Waals surface area contributed by atoms with Crippen LogP contribution < -0.4 is 21.1 Å². The number of nitrogens with two attached hydrogens (primary N) is 1. The molecule has 0 saturated carbocycles. The predicted octanol–water partition coefficient (Wildman–Crippen LogP) is 3.55. The van der Waals surface area contributed by atoms with Crippen molar-refractivity contribution in [3.63, 3.8) is 0 Å². The summed E-state index contributed by atoms with van der Waals surface area (Å²) in [6.45, 7) is 1.87. The summed E-state index contributed by atoms with van der Waals surface area (Å²) in [5.74, 6) is -1.58. The number of carbonyl (C=O) groups excluding carboxylic acids is 4. The molecular formula is C30H33ClN4O6.